The first kappa shape index (κ1) is 4.70. The standard InChI is InChI=1S/C2H5O.Au/c1-2-3;/h2H2,1H3;/q-1;+1. The minimum absolute atomic E-state index is 0.795. The van der Waals surface area contributed by atoms with Gasteiger partial charge >= 0.3 is 38.2 Å². The molecular weight excluding hydrogens is 237 g/mol. The van der Waals surface area contributed by atoms with Crippen molar-refractivity contribution in [2.24, 2.45) is 0 Å². The molecule has 0 aromatic heterocycles. The van der Waals surface area contributed by atoms with Gasteiger partial charge in [-0.05, 0) is 0 Å². The van der Waals surface area contributed by atoms with E-state index in [0.29, 0.717) is 0 Å². The second kappa shape index (κ2) is 3.70. The van der Waals surface area contributed by atoms with Crippen molar-refractivity contribution in [2.45, 2.75) is 6.92 Å². The molecule has 0 unspecified atom stereocenters. The Bertz CT molecular complexity index is 8.00. The van der Waals surface area contributed by atoms with Crippen molar-refractivity contribution in [3.8, 4) is 0 Å². The third-order valence-electron chi connectivity index (χ3n) is 0.0870. The zero-order valence-corrected chi connectivity index (χ0v) is 4.58. The third-order valence-corrected chi connectivity index (χ3v) is 0.712. The molecule has 0 rings (SSSR count). The maximum atomic E-state index is 4.49. The Balaban J connectivity index is 1.97. The molecule has 0 aliphatic heterocycles. The average Bonchev–Trinajstić information content (AvgIpc) is 1.37. The fourth-order valence-electron chi connectivity index (χ4n) is 0. The SMILES string of the molecule is CC[O][Au]. The van der Waals surface area contributed by atoms with Gasteiger partial charge in [-0.1, -0.05) is 0 Å². The van der Waals surface area contributed by atoms with Crippen LogP contribution in [0.15, 0.2) is 0 Å². The summed E-state index contributed by atoms with van der Waals surface area (Å²) in [5.74, 6) is 0. The molecule has 0 heterocycles. The van der Waals surface area contributed by atoms with Crippen molar-refractivity contribution in [3.63, 3.8) is 0 Å². The first-order valence-corrected chi connectivity index (χ1v) is 2.00. The molecule has 2 heteroatoms. The maximum absolute atomic E-state index is 4.49. The molecule has 4 heavy (non-hydrogen) atoms. The summed E-state index contributed by atoms with van der Waals surface area (Å²) in [7, 11) is 0. The van der Waals surface area contributed by atoms with Gasteiger partial charge in [0.2, 0.25) is 0 Å². The topological polar surface area (TPSA) is 9.23 Å². The molecule has 0 saturated carbocycles. The fraction of sp³-hybridized carbons (Fsp3) is 1.00. The molecule has 0 atom stereocenters. The van der Waals surface area contributed by atoms with Crippen LogP contribution >= 0.6 is 0 Å². The normalized spacial score (nSPS) is 7.75. The van der Waals surface area contributed by atoms with Crippen molar-refractivity contribution in [2.75, 3.05) is 6.61 Å². The van der Waals surface area contributed by atoms with Crippen molar-refractivity contribution < 1.29 is 24.7 Å². The van der Waals surface area contributed by atoms with Gasteiger partial charge in [-0.25, -0.2) is 0 Å². The van der Waals surface area contributed by atoms with Crippen molar-refractivity contribution in [3.05, 3.63) is 0 Å². The van der Waals surface area contributed by atoms with E-state index in [-0.39, 0.29) is 0 Å². The van der Waals surface area contributed by atoms with Crippen LogP contribution in [0.1, 0.15) is 6.92 Å². The van der Waals surface area contributed by atoms with Gasteiger partial charge < -0.3 is 0 Å². The van der Waals surface area contributed by atoms with Gasteiger partial charge in [0.25, 0.3) is 0 Å². The van der Waals surface area contributed by atoms with Gasteiger partial charge in [0.15, 0.2) is 0 Å². The van der Waals surface area contributed by atoms with Gasteiger partial charge in [0, 0.05) is 0 Å². The summed E-state index contributed by atoms with van der Waals surface area (Å²) in [6, 6.07) is 0. The Morgan fingerprint density at radius 3 is 2.25 bits per heavy atom. The monoisotopic (exact) mass is 242 g/mol. The molecule has 0 spiro atoms. The van der Waals surface area contributed by atoms with E-state index in [2.05, 4.69) is 3.24 Å². The summed E-state index contributed by atoms with van der Waals surface area (Å²) in [5.41, 5.74) is 0. The van der Waals surface area contributed by atoms with Gasteiger partial charge in [0.05, 0.1) is 0 Å². The van der Waals surface area contributed by atoms with Crippen LogP contribution in [0.2, 0.25) is 0 Å². The van der Waals surface area contributed by atoms with Crippen LogP contribution in [0.3, 0.4) is 0 Å². The van der Waals surface area contributed by atoms with Crippen molar-refractivity contribution >= 4 is 0 Å². The molecule has 0 aromatic rings. The number of hydrogen-bond donors (Lipinski definition) is 0. The summed E-state index contributed by atoms with van der Waals surface area (Å²) < 4.78 is 4.49. The molecule has 0 bridgehead atoms. The van der Waals surface area contributed by atoms with E-state index >= 15 is 0 Å². The molecule has 0 N–H and O–H groups in total. The first-order chi connectivity index (χ1) is 1.91. The fourth-order valence-corrected chi connectivity index (χ4v) is 0. The molecular formula is C2H5AuO. The molecule has 0 aliphatic carbocycles. The molecule has 0 aliphatic rings. The number of rotatable bonds is 1. The van der Waals surface area contributed by atoms with E-state index in [4.69, 9.17) is 0 Å². The Kier molecular flexibility index (Phi) is 4.35. The van der Waals surface area contributed by atoms with Crippen molar-refractivity contribution in [1.29, 1.82) is 0 Å². The van der Waals surface area contributed by atoms with Crippen LogP contribution in [0.5, 0.6) is 0 Å². The van der Waals surface area contributed by atoms with E-state index in [1.807, 2.05) is 28.4 Å². The van der Waals surface area contributed by atoms with E-state index < -0.39 is 0 Å². The third kappa shape index (κ3) is 2.70. The first-order valence-electron chi connectivity index (χ1n) is 1.12. The molecule has 0 saturated heterocycles. The zero-order chi connectivity index (χ0) is 3.41. The van der Waals surface area contributed by atoms with Crippen LogP contribution in [0.4, 0.5) is 0 Å². The summed E-state index contributed by atoms with van der Waals surface area (Å²) in [6.45, 7) is 2.74. The molecule has 0 aromatic carbocycles. The Hall–Kier alpha value is 0.700. The van der Waals surface area contributed by atoms with E-state index in [1.165, 1.54) is 0 Å². The Morgan fingerprint density at radius 1 is 2.00 bits per heavy atom. The molecule has 1 nitrogen and oxygen atoms in total. The summed E-state index contributed by atoms with van der Waals surface area (Å²) in [6.07, 6.45) is 0. The van der Waals surface area contributed by atoms with Crippen LogP contribution in [-0.4, -0.2) is 6.61 Å². The van der Waals surface area contributed by atoms with Crippen LogP contribution < -0.4 is 0 Å². The van der Waals surface area contributed by atoms with Gasteiger partial charge in [-0.15, -0.1) is 0 Å². The quantitative estimate of drug-likeness (QED) is 0.608. The molecule has 0 amide bonds. The van der Waals surface area contributed by atoms with E-state index in [0.717, 1.165) is 6.61 Å². The van der Waals surface area contributed by atoms with Crippen LogP contribution in [0.25, 0.3) is 0 Å². The predicted molar refractivity (Wildman–Crippen MR) is 11.6 cm³/mol. The second-order valence-electron chi connectivity index (χ2n) is 0.376. The summed E-state index contributed by atoms with van der Waals surface area (Å²) in [5, 5.41) is 0. The Labute approximate surface area is 38.8 Å². The van der Waals surface area contributed by atoms with Gasteiger partial charge in [-0.3, -0.25) is 0 Å². The molecule has 0 fully saturated rings. The van der Waals surface area contributed by atoms with Crippen LogP contribution in [0, 0.1) is 0 Å². The predicted octanol–water partition coefficient (Wildman–Crippen LogP) is 0.485. The summed E-state index contributed by atoms with van der Waals surface area (Å²) in [4.78, 5) is 0. The second-order valence-corrected chi connectivity index (χ2v) is 1.00. The molecule has 30 valence electrons. The minimum atomic E-state index is 0.795. The van der Waals surface area contributed by atoms with Gasteiger partial charge in [0.1, 0.15) is 0 Å². The van der Waals surface area contributed by atoms with Crippen molar-refractivity contribution in [1.82, 2.24) is 0 Å². The zero-order valence-electron chi connectivity index (χ0n) is 2.42. The van der Waals surface area contributed by atoms with Gasteiger partial charge in [-0.2, -0.15) is 0 Å². The number of hydrogen-bond acceptors (Lipinski definition) is 1. The average molecular weight is 242 g/mol. The van der Waals surface area contributed by atoms with E-state index in [1.54, 1.807) is 0 Å². The van der Waals surface area contributed by atoms with Crippen LogP contribution in [-0.2, 0) is 24.7 Å². The Morgan fingerprint density at radius 2 is 2.25 bits per heavy atom. The molecule has 0 radical (unpaired) electrons. The van der Waals surface area contributed by atoms with E-state index in [9.17, 15) is 0 Å². The summed E-state index contributed by atoms with van der Waals surface area (Å²) >= 11 is 2.00.